The number of thiophene rings is 1. The van der Waals surface area contributed by atoms with Crippen molar-refractivity contribution < 1.29 is 8.42 Å². The highest BCUT2D eigenvalue weighted by molar-refractivity contribution is 9.11. The summed E-state index contributed by atoms with van der Waals surface area (Å²) in [6.07, 6.45) is 3.88. The fraction of sp³-hybridized carbons (Fsp3) is 0.667. The molecule has 0 N–H and O–H groups in total. The van der Waals surface area contributed by atoms with Crippen LogP contribution < -0.4 is 0 Å². The highest BCUT2D eigenvalue weighted by Crippen LogP contribution is 2.36. The quantitative estimate of drug-likeness (QED) is 0.727. The second-order valence-electron chi connectivity index (χ2n) is 4.66. The standard InChI is InChI=1S/C12H17BrClNO2S2/c1-2-9-5-3-4-6-15(9)19(16,17)11-7-10(8-14)18-12(11)13/h7,9H,2-6,8H2,1H3. The molecule has 1 aromatic heterocycles. The molecule has 2 rings (SSSR count). The van der Waals surface area contributed by atoms with Crippen LogP contribution in [0.1, 0.15) is 37.5 Å². The van der Waals surface area contributed by atoms with Gasteiger partial charge in [-0.25, -0.2) is 8.42 Å². The lowest BCUT2D eigenvalue weighted by Gasteiger charge is -2.33. The highest BCUT2D eigenvalue weighted by Gasteiger charge is 2.34. The van der Waals surface area contributed by atoms with Crippen LogP contribution in [0.3, 0.4) is 0 Å². The highest BCUT2D eigenvalue weighted by atomic mass is 79.9. The Morgan fingerprint density at radius 1 is 1.53 bits per heavy atom. The maximum atomic E-state index is 12.8. The number of rotatable bonds is 4. The van der Waals surface area contributed by atoms with E-state index in [9.17, 15) is 8.42 Å². The van der Waals surface area contributed by atoms with Crippen molar-refractivity contribution in [1.82, 2.24) is 4.31 Å². The smallest absolute Gasteiger partial charge is 0.207 e. The third kappa shape index (κ3) is 3.18. The van der Waals surface area contributed by atoms with E-state index in [1.807, 2.05) is 6.92 Å². The molecule has 1 aromatic rings. The van der Waals surface area contributed by atoms with Crippen LogP contribution in [0.25, 0.3) is 0 Å². The van der Waals surface area contributed by atoms with Crippen molar-refractivity contribution in [3.05, 3.63) is 14.7 Å². The Labute approximate surface area is 132 Å². The fourth-order valence-electron chi connectivity index (χ4n) is 2.46. The second-order valence-corrected chi connectivity index (χ2v) is 9.24. The van der Waals surface area contributed by atoms with Gasteiger partial charge in [-0.05, 0) is 41.3 Å². The molecule has 1 unspecified atom stereocenters. The minimum absolute atomic E-state index is 0.130. The summed E-state index contributed by atoms with van der Waals surface area (Å²) in [6.45, 7) is 2.67. The van der Waals surface area contributed by atoms with Crippen LogP contribution in [0.15, 0.2) is 14.7 Å². The molecule has 108 valence electrons. The molecule has 1 atom stereocenters. The van der Waals surface area contributed by atoms with Crippen LogP contribution in [0.4, 0.5) is 0 Å². The van der Waals surface area contributed by atoms with Gasteiger partial charge in [0, 0.05) is 17.5 Å². The van der Waals surface area contributed by atoms with Crippen molar-refractivity contribution in [3.63, 3.8) is 0 Å². The van der Waals surface area contributed by atoms with Crippen LogP contribution in [0.5, 0.6) is 0 Å². The summed E-state index contributed by atoms with van der Waals surface area (Å²) in [4.78, 5) is 1.24. The van der Waals surface area contributed by atoms with Gasteiger partial charge in [-0.15, -0.1) is 22.9 Å². The van der Waals surface area contributed by atoms with Crippen molar-refractivity contribution in [2.75, 3.05) is 6.54 Å². The van der Waals surface area contributed by atoms with Crippen molar-refractivity contribution in [2.45, 2.75) is 49.4 Å². The number of alkyl halides is 1. The SMILES string of the molecule is CCC1CCCCN1S(=O)(=O)c1cc(CCl)sc1Br. The molecule has 2 heterocycles. The average molecular weight is 387 g/mol. The summed E-state index contributed by atoms with van der Waals surface area (Å²) in [7, 11) is -3.41. The maximum absolute atomic E-state index is 12.8. The third-order valence-electron chi connectivity index (χ3n) is 3.47. The van der Waals surface area contributed by atoms with Crippen molar-refractivity contribution in [1.29, 1.82) is 0 Å². The van der Waals surface area contributed by atoms with Gasteiger partial charge < -0.3 is 0 Å². The zero-order valence-corrected chi connectivity index (χ0v) is 14.7. The van der Waals surface area contributed by atoms with Gasteiger partial charge in [0.15, 0.2) is 0 Å². The van der Waals surface area contributed by atoms with Crippen molar-refractivity contribution >= 4 is 48.9 Å². The zero-order valence-electron chi connectivity index (χ0n) is 10.7. The van der Waals surface area contributed by atoms with Crippen LogP contribution in [0.2, 0.25) is 0 Å². The number of hydrogen-bond acceptors (Lipinski definition) is 3. The van der Waals surface area contributed by atoms with E-state index in [-0.39, 0.29) is 6.04 Å². The molecule has 19 heavy (non-hydrogen) atoms. The van der Waals surface area contributed by atoms with Crippen LogP contribution in [-0.4, -0.2) is 25.3 Å². The normalized spacial score (nSPS) is 21.7. The fourth-order valence-corrected chi connectivity index (χ4v) is 6.96. The van der Waals surface area contributed by atoms with Crippen molar-refractivity contribution in [3.8, 4) is 0 Å². The van der Waals surface area contributed by atoms with Gasteiger partial charge in [0.1, 0.15) is 4.90 Å². The topological polar surface area (TPSA) is 37.4 Å². The maximum Gasteiger partial charge on any atom is 0.245 e. The Hall–Kier alpha value is 0.380. The monoisotopic (exact) mass is 385 g/mol. The molecule has 0 radical (unpaired) electrons. The summed E-state index contributed by atoms with van der Waals surface area (Å²) in [5, 5.41) is 0. The third-order valence-corrected chi connectivity index (χ3v) is 8.12. The van der Waals surface area contributed by atoms with Gasteiger partial charge in [0.2, 0.25) is 10.0 Å². The molecule has 0 amide bonds. The molecule has 1 saturated heterocycles. The molecule has 0 spiro atoms. The Morgan fingerprint density at radius 2 is 2.26 bits per heavy atom. The summed E-state index contributed by atoms with van der Waals surface area (Å²) < 4.78 is 27.9. The summed E-state index contributed by atoms with van der Waals surface area (Å²) in [6, 6.07) is 1.82. The second kappa shape index (κ2) is 6.43. The Bertz CT molecular complexity index is 544. The summed E-state index contributed by atoms with van der Waals surface area (Å²) in [5.74, 6) is 0.343. The number of hydrogen-bond donors (Lipinski definition) is 0. The Kier molecular flexibility index (Phi) is 5.34. The summed E-state index contributed by atoms with van der Waals surface area (Å²) >= 11 is 10.5. The number of halogens is 2. The van der Waals surface area contributed by atoms with Crippen LogP contribution in [0, 0.1) is 0 Å². The number of nitrogens with zero attached hydrogens (tertiary/aromatic N) is 1. The predicted molar refractivity (Wildman–Crippen MR) is 83.4 cm³/mol. The molecule has 0 saturated carbocycles. The summed E-state index contributed by atoms with van der Waals surface area (Å²) in [5.41, 5.74) is 0. The molecule has 1 aliphatic heterocycles. The molecular formula is C12H17BrClNO2S2. The Morgan fingerprint density at radius 3 is 2.84 bits per heavy atom. The van der Waals surface area contributed by atoms with E-state index in [4.69, 9.17) is 11.6 Å². The molecule has 0 aliphatic carbocycles. The van der Waals surface area contributed by atoms with E-state index in [0.29, 0.717) is 21.1 Å². The first-order valence-electron chi connectivity index (χ1n) is 6.36. The van der Waals surface area contributed by atoms with Gasteiger partial charge in [0.25, 0.3) is 0 Å². The van der Waals surface area contributed by atoms with Gasteiger partial charge in [-0.3, -0.25) is 0 Å². The van der Waals surface area contributed by atoms with Crippen LogP contribution >= 0.6 is 38.9 Å². The lowest BCUT2D eigenvalue weighted by Crippen LogP contribution is -2.43. The van der Waals surface area contributed by atoms with E-state index in [2.05, 4.69) is 15.9 Å². The largest absolute Gasteiger partial charge is 0.245 e. The number of piperidine rings is 1. The molecule has 1 fully saturated rings. The van der Waals surface area contributed by atoms with Gasteiger partial charge in [0.05, 0.1) is 9.67 Å². The van der Waals surface area contributed by atoms with Gasteiger partial charge in [-0.2, -0.15) is 4.31 Å². The van der Waals surface area contributed by atoms with E-state index >= 15 is 0 Å². The minimum atomic E-state index is -3.41. The average Bonchev–Trinajstić information content (AvgIpc) is 2.80. The van der Waals surface area contributed by atoms with Gasteiger partial charge in [-0.1, -0.05) is 13.3 Å². The molecule has 0 aromatic carbocycles. The van der Waals surface area contributed by atoms with Crippen LogP contribution in [-0.2, 0) is 15.9 Å². The minimum Gasteiger partial charge on any atom is -0.207 e. The molecule has 0 bridgehead atoms. The molecular weight excluding hydrogens is 370 g/mol. The first kappa shape index (κ1) is 15.8. The first-order valence-corrected chi connectivity index (χ1v) is 9.95. The van der Waals surface area contributed by atoms with E-state index < -0.39 is 10.0 Å². The lowest BCUT2D eigenvalue weighted by atomic mass is 10.0. The van der Waals surface area contributed by atoms with E-state index in [0.717, 1.165) is 30.6 Å². The molecule has 1 aliphatic rings. The predicted octanol–water partition coefficient (Wildman–Crippen LogP) is 4.20. The Balaban J connectivity index is 2.37. The first-order chi connectivity index (χ1) is 9.00. The number of sulfonamides is 1. The van der Waals surface area contributed by atoms with E-state index in [1.54, 1.807) is 10.4 Å². The molecule has 3 nitrogen and oxygen atoms in total. The molecule has 7 heteroatoms. The van der Waals surface area contributed by atoms with Gasteiger partial charge >= 0.3 is 0 Å². The van der Waals surface area contributed by atoms with E-state index in [1.165, 1.54) is 11.3 Å². The zero-order chi connectivity index (χ0) is 14.0. The lowest BCUT2D eigenvalue weighted by molar-refractivity contribution is 0.246. The van der Waals surface area contributed by atoms with Crippen molar-refractivity contribution in [2.24, 2.45) is 0 Å².